The highest BCUT2D eigenvalue weighted by Gasteiger charge is 2.65. The molecule has 1 heterocycles. The highest BCUT2D eigenvalue weighted by Crippen LogP contribution is 2.65. The zero-order valence-electron chi connectivity index (χ0n) is 20.3. The molecule has 1 rings (SSSR count). The van der Waals surface area contributed by atoms with Gasteiger partial charge in [-0.3, -0.25) is 0 Å². The van der Waals surface area contributed by atoms with Crippen molar-refractivity contribution in [3.8, 4) is 0 Å². The zero-order valence-corrected chi connectivity index (χ0v) is 21.3. The van der Waals surface area contributed by atoms with E-state index in [4.69, 9.17) is 8.85 Å². The molecule has 2 unspecified atom stereocenters. The van der Waals surface area contributed by atoms with Crippen LogP contribution in [0.1, 0.15) is 131 Å². The first-order chi connectivity index (χ1) is 13.6. The molecule has 168 valence electrons. The van der Waals surface area contributed by atoms with Crippen molar-refractivity contribution in [1.29, 1.82) is 0 Å². The molecule has 2 atom stereocenters. The number of hydrogen-bond donors (Lipinski definition) is 0. The molecule has 2 nitrogen and oxygen atoms in total. The third-order valence-electron chi connectivity index (χ3n) is 7.36. The Bertz CT molecular complexity index is 371. The van der Waals surface area contributed by atoms with Crippen LogP contribution in [0.3, 0.4) is 0 Å². The Morgan fingerprint density at radius 2 is 1.18 bits per heavy atom. The number of rotatable bonds is 16. The normalized spacial score (nSPS) is 23.8. The Labute approximate surface area is 178 Å². The second kappa shape index (κ2) is 14.2. The first-order valence-corrected chi connectivity index (χ1v) is 14.8. The molecule has 0 aromatic heterocycles. The van der Waals surface area contributed by atoms with Crippen molar-refractivity contribution in [3.63, 3.8) is 0 Å². The fourth-order valence-corrected chi connectivity index (χ4v) is 11.9. The Morgan fingerprint density at radius 3 is 1.64 bits per heavy atom. The second-order valence-corrected chi connectivity index (χ2v) is 12.9. The maximum atomic E-state index is 6.96. The highest BCUT2D eigenvalue weighted by molar-refractivity contribution is 6.72. The standard InChI is InChI=1S/C25H52O2Si/c1-7-13-17-23-19-20-24(18-14-8-2)28(26-11-5,27-12-6)25(23,21-15-9-3)22-16-10-4/h23-24H,7-22H2,1-6H3. The fraction of sp³-hybridized carbons (Fsp3) is 1.00. The first-order valence-electron chi connectivity index (χ1n) is 12.9. The van der Waals surface area contributed by atoms with Crippen molar-refractivity contribution in [3.05, 3.63) is 0 Å². The number of hydrogen-bond acceptors (Lipinski definition) is 2. The third-order valence-corrected chi connectivity index (χ3v) is 12.7. The van der Waals surface area contributed by atoms with E-state index in [0.717, 1.165) is 19.1 Å². The summed E-state index contributed by atoms with van der Waals surface area (Å²) in [7, 11) is -2.32. The van der Waals surface area contributed by atoms with Crippen LogP contribution in [0.4, 0.5) is 0 Å². The lowest BCUT2D eigenvalue weighted by molar-refractivity contribution is 0.0787. The van der Waals surface area contributed by atoms with E-state index in [9.17, 15) is 0 Å². The Kier molecular flexibility index (Phi) is 13.3. The van der Waals surface area contributed by atoms with Crippen molar-refractivity contribution in [1.82, 2.24) is 0 Å². The molecule has 0 aromatic rings. The molecular formula is C25H52O2Si. The van der Waals surface area contributed by atoms with Crippen molar-refractivity contribution in [2.24, 2.45) is 5.92 Å². The average Bonchev–Trinajstić information content (AvgIpc) is 2.70. The van der Waals surface area contributed by atoms with Gasteiger partial charge < -0.3 is 8.85 Å². The van der Waals surface area contributed by atoms with Crippen molar-refractivity contribution in [2.75, 3.05) is 13.2 Å². The molecule has 0 aliphatic carbocycles. The van der Waals surface area contributed by atoms with E-state index in [0.29, 0.717) is 10.6 Å². The van der Waals surface area contributed by atoms with Crippen LogP contribution in [0, 0.1) is 5.92 Å². The molecule has 0 radical (unpaired) electrons. The van der Waals surface area contributed by atoms with Gasteiger partial charge in [-0.15, -0.1) is 0 Å². The van der Waals surface area contributed by atoms with Crippen LogP contribution in [0.2, 0.25) is 10.6 Å². The van der Waals surface area contributed by atoms with Gasteiger partial charge in [0.25, 0.3) is 0 Å². The summed E-state index contributed by atoms with van der Waals surface area (Å²) in [6.07, 6.45) is 18.7. The van der Waals surface area contributed by atoms with E-state index in [1.54, 1.807) is 0 Å². The van der Waals surface area contributed by atoms with Gasteiger partial charge in [-0.25, -0.2) is 0 Å². The van der Waals surface area contributed by atoms with E-state index >= 15 is 0 Å². The molecule has 1 fully saturated rings. The molecule has 0 bridgehead atoms. The zero-order chi connectivity index (χ0) is 20.9. The van der Waals surface area contributed by atoms with Crippen molar-refractivity contribution < 1.29 is 8.85 Å². The maximum Gasteiger partial charge on any atom is 0.348 e. The van der Waals surface area contributed by atoms with Crippen LogP contribution in [0.5, 0.6) is 0 Å². The predicted molar refractivity (Wildman–Crippen MR) is 126 cm³/mol. The predicted octanol–water partition coefficient (Wildman–Crippen LogP) is 8.78. The Hall–Kier alpha value is 0.137. The summed E-state index contributed by atoms with van der Waals surface area (Å²) in [5, 5.41) is 0.330. The summed E-state index contributed by atoms with van der Waals surface area (Å²) in [6, 6.07) is 0. The van der Waals surface area contributed by atoms with E-state index in [1.807, 2.05) is 0 Å². The minimum absolute atomic E-state index is 0.330. The van der Waals surface area contributed by atoms with Gasteiger partial charge in [-0.1, -0.05) is 85.5 Å². The summed E-state index contributed by atoms with van der Waals surface area (Å²) in [4.78, 5) is 0. The second-order valence-electron chi connectivity index (χ2n) is 9.15. The molecular weight excluding hydrogens is 360 g/mol. The molecule has 28 heavy (non-hydrogen) atoms. The molecule has 0 saturated carbocycles. The third kappa shape index (κ3) is 6.08. The van der Waals surface area contributed by atoms with Crippen LogP contribution < -0.4 is 0 Å². The number of unbranched alkanes of at least 4 members (excludes halogenated alkanes) is 4. The van der Waals surface area contributed by atoms with E-state index < -0.39 is 8.56 Å². The lowest BCUT2D eigenvalue weighted by Crippen LogP contribution is -2.62. The van der Waals surface area contributed by atoms with Gasteiger partial charge in [0, 0.05) is 23.8 Å². The van der Waals surface area contributed by atoms with E-state index in [2.05, 4.69) is 41.5 Å². The molecule has 0 aromatic carbocycles. The lowest BCUT2D eigenvalue weighted by Gasteiger charge is -2.58. The van der Waals surface area contributed by atoms with Gasteiger partial charge in [0.2, 0.25) is 0 Å². The monoisotopic (exact) mass is 412 g/mol. The highest BCUT2D eigenvalue weighted by atomic mass is 28.4. The molecule has 1 aliphatic heterocycles. The SMILES string of the molecule is CCCCC1CCC(CCCC)[Si](OCC)(OCC)C1(CCCC)CCCC. The molecule has 1 saturated heterocycles. The van der Waals surface area contributed by atoms with Gasteiger partial charge in [-0.05, 0) is 51.9 Å². The molecule has 0 spiro atoms. The van der Waals surface area contributed by atoms with Gasteiger partial charge in [0.05, 0.1) is 0 Å². The van der Waals surface area contributed by atoms with Crippen molar-refractivity contribution in [2.45, 2.75) is 142 Å². The summed E-state index contributed by atoms with van der Waals surface area (Å²) in [6.45, 7) is 15.5. The Balaban J connectivity index is 3.47. The van der Waals surface area contributed by atoms with Gasteiger partial charge in [-0.2, -0.15) is 0 Å². The quantitative estimate of drug-likeness (QED) is 0.236. The largest absolute Gasteiger partial charge is 0.394 e. The summed E-state index contributed by atoms with van der Waals surface area (Å²) >= 11 is 0. The molecule has 3 heteroatoms. The topological polar surface area (TPSA) is 18.5 Å². The van der Waals surface area contributed by atoms with Gasteiger partial charge in [0.1, 0.15) is 0 Å². The smallest absolute Gasteiger partial charge is 0.348 e. The van der Waals surface area contributed by atoms with Gasteiger partial charge >= 0.3 is 8.56 Å². The maximum absolute atomic E-state index is 6.96. The lowest BCUT2D eigenvalue weighted by atomic mass is 9.76. The van der Waals surface area contributed by atoms with Crippen molar-refractivity contribution >= 4 is 8.56 Å². The van der Waals surface area contributed by atoms with Crippen LogP contribution in [0.15, 0.2) is 0 Å². The fourth-order valence-electron chi connectivity index (χ4n) is 6.08. The summed E-state index contributed by atoms with van der Waals surface area (Å²) in [5.41, 5.74) is 0.693. The molecule has 0 amide bonds. The Morgan fingerprint density at radius 1 is 0.679 bits per heavy atom. The molecule has 0 N–H and O–H groups in total. The summed E-state index contributed by atoms with van der Waals surface area (Å²) < 4.78 is 13.9. The minimum Gasteiger partial charge on any atom is -0.394 e. The summed E-state index contributed by atoms with van der Waals surface area (Å²) in [5.74, 6) is 0.813. The van der Waals surface area contributed by atoms with Crippen LogP contribution in [-0.2, 0) is 8.85 Å². The molecule has 1 aliphatic rings. The first kappa shape index (κ1) is 26.2. The van der Waals surface area contributed by atoms with E-state index in [1.165, 1.54) is 89.9 Å². The van der Waals surface area contributed by atoms with Gasteiger partial charge in [0.15, 0.2) is 0 Å². The average molecular weight is 413 g/mol. The van der Waals surface area contributed by atoms with Crippen LogP contribution >= 0.6 is 0 Å². The van der Waals surface area contributed by atoms with E-state index in [-0.39, 0.29) is 0 Å². The van der Waals surface area contributed by atoms with Crippen LogP contribution in [-0.4, -0.2) is 21.8 Å². The minimum atomic E-state index is -2.32. The van der Waals surface area contributed by atoms with Crippen LogP contribution in [0.25, 0.3) is 0 Å².